The Kier molecular flexibility index (Phi) is 4.43. The van der Waals surface area contributed by atoms with Crippen molar-refractivity contribution in [1.82, 2.24) is 5.32 Å². The van der Waals surface area contributed by atoms with Crippen LogP contribution in [0.5, 0.6) is 0 Å². The molecule has 0 unspecified atom stereocenters. The van der Waals surface area contributed by atoms with E-state index in [1.165, 1.54) is 37.9 Å². The molecular weight excluding hydrogens is 208 g/mol. The van der Waals surface area contributed by atoms with E-state index in [1.807, 2.05) is 0 Å². The molecule has 0 spiro atoms. The zero-order chi connectivity index (χ0) is 12.1. The largest absolute Gasteiger partial charge is 0.372 e. The number of hydrogen-bond donors (Lipinski definition) is 1. The second-order valence-corrected chi connectivity index (χ2v) is 5.18. The molecule has 0 saturated heterocycles. The topological polar surface area (TPSA) is 15.3 Å². The predicted molar refractivity (Wildman–Crippen MR) is 74.5 cm³/mol. The van der Waals surface area contributed by atoms with Crippen LogP contribution in [0.15, 0.2) is 30.3 Å². The second-order valence-electron chi connectivity index (χ2n) is 5.18. The highest BCUT2D eigenvalue weighted by molar-refractivity contribution is 5.46. The minimum absolute atomic E-state index is 0.727. The van der Waals surface area contributed by atoms with Crippen LogP contribution in [0.3, 0.4) is 0 Å². The number of para-hydroxylation sites is 1. The number of rotatable bonds is 4. The van der Waals surface area contributed by atoms with Crippen molar-refractivity contribution in [2.75, 3.05) is 25.5 Å². The molecular formula is C15H24N2. The van der Waals surface area contributed by atoms with Crippen molar-refractivity contribution in [2.24, 2.45) is 5.92 Å². The minimum atomic E-state index is 0.727. The first-order valence-electron chi connectivity index (χ1n) is 6.73. The summed E-state index contributed by atoms with van der Waals surface area (Å²) in [6.07, 6.45) is 5.39. The van der Waals surface area contributed by atoms with Crippen molar-refractivity contribution in [1.29, 1.82) is 0 Å². The Labute approximate surface area is 105 Å². The third-order valence-corrected chi connectivity index (χ3v) is 4.02. The molecule has 2 rings (SSSR count). The van der Waals surface area contributed by atoms with Gasteiger partial charge in [-0.2, -0.15) is 0 Å². The van der Waals surface area contributed by atoms with Gasteiger partial charge in [0, 0.05) is 18.8 Å². The molecule has 0 bridgehead atoms. The lowest BCUT2D eigenvalue weighted by molar-refractivity contribution is 0.315. The smallest absolute Gasteiger partial charge is 0.0366 e. The summed E-state index contributed by atoms with van der Waals surface area (Å²) in [7, 11) is 4.29. The maximum Gasteiger partial charge on any atom is 0.0366 e. The minimum Gasteiger partial charge on any atom is -0.372 e. The highest BCUT2D eigenvalue weighted by Crippen LogP contribution is 2.29. The van der Waals surface area contributed by atoms with E-state index >= 15 is 0 Å². The molecule has 1 fully saturated rings. The van der Waals surface area contributed by atoms with Gasteiger partial charge in [-0.1, -0.05) is 18.2 Å². The molecule has 94 valence electrons. The van der Waals surface area contributed by atoms with Gasteiger partial charge in [0.05, 0.1) is 0 Å². The van der Waals surface area contributed by atoms with Crippen molar-refractivity contribution in [3.05, 3.63) is 30.3 Å². The van der Waals surface area contributed by atoms with E-state index in [9.17, 15) is 0 Å². The van der Waals surface area contributed by atoms with Crippen LogP contribution in [-0.4, -0.2) is 26.7 Å². The Morgan fingerprint density at radius 2 is 1.76 bits per heavy atom. The summed E-state index contributed by atoms with van der Waals surface area (Å²) in [5.74, 6) is 0.889. The van der Waals surface area contributed by atoms with Gasteiger partial charge in [-0.15, -0.1) is 0 Å². The van der Waals surface area contributed by atoms with E-state index in [4.69, 9.17) is 0 Å². The van der Waals surface area contributed by atoms with Crippen molar-refractivity contribution in [3.8, 4) is 0 Å². The fraction of sp³-hybridized carbons (Fsp3) is 0.600. The van der Waals surface area contributed by atoms with E-state index in [-0.39, 0.29) is 0 Å². The molecule has 1 aromatic carbocycles. The van der Waals surface area contributed by atoms with Gasteiger partial charge in [0.2, 0.25) is 0 Å². The van der Waals surface area contributed by atoms with Crippen molar-refractivity contribution in [3.63, 3.8) is 0 Å². The SMILES string of the molecule is CNCC1CCC(N(C)c2ccccc2)CC1. The lowest BCUT2D eigenvalue weighted by atomic mass is 9.85. The summed E-state index contributed by atoms with van der Waals surface area (Å²) in [5.41, 5.74) is 1.35. The lowest BCUT2D eigenvalue weighted by Crippen LogP contribution is -2.36. The molecule has 0 atom stereocenters. The van der Waals surface area contributed by atoms with Crippen LogP contribution in [-0.2, 0) is 0 Å². The third-order valence-electron chi connectivity index (χ3n) is 4.02. The van der Waals surface area contributed by atoms with Gasteiger partial charge < -0.3 is 10.2 Å². The Balaban J connectivity index is 1.88. The van der Waals surface area contributed by atoms with Gasteiger partial charge in [-0.25, -0.2) is 0 Å². The molecule has 1 aliphatic carbocycles. The summed E-state index contributed by atoms with van der Waals surface area (Å²) < 4.78 is 0. The van der Waals surface area contributed by atoms with Crippen LogP contribution in [0.4, 0.5) is 5.69 Å². The quantitative estimate of drug-likeness (QED) is 0.858. The number of nitrogens with one attached hydrogen (secondary N) is 1. The zero-order valence-corrected chi connectivity index (χ0v) is 11.0. The van der Waals surface area contributed by atoms with Crippen molar-refractivity contribution < 1.29 is 0 Å². The Morgan fingerprint density at radius 1 is 1.12 bits per heavy atom. The van der Waals surface area contributed by atoms with Gasteiger partial charge in [-0.05, 0) is 57.3 Å². The third kappa shape index (κ3) is 3.22. The Bertz CT molecular complexity index is 315. The van der Waals surface area contributed by atoms with Crippen molar-refractivity contribution >= 4 is 5.69 Å². The Hall–Kier alpha value is -1.02. The molecule has 1 N–H and O–H groups in total. The number of hydrogen-bond acceptors (Lipinski definition) is 2. The summed E-state index contributed by atoms with van der Waals surface area (Å²) >= 11 is 0. The van der Waals surface area contributed by atoms with Gasteiger partial charge in [-0.3, -0.25) is 0 Å². The predicted octanol–water partition coefficient (Wildman–Crippen LogP) is 2.90. The average molecular weight is 232 g/mol. The van der Waals surface area contributed by atoms with Crippen LogP contribution in [0, 0.1) is 5.92 Å². The summed E-state index contributed by atoms with van der Waals surface area (Å²) in [6, 6.07) is 11.5. The first-order valence-corrected chi connectivity index (χ1v) is 6.73. The standard InChI is InChI=1S/C15H24N2/c1-16-12-13-8-10-15(11-9-13)17(2)14-6-4-3-5-7-14/h3-7,13,15-16H,8-12H2,1-2H3. The first kappa shape index (κ1) is 12.4. The highest BCUT2D eigenvalue weighted by atomic mass is 15.1. The lowest BCUT2D eigenvalue weighted by Gasteiger charge is -2.36. The summed E-state index contributed by atoms with van der Waals surface area (Å²) in [4.78, 5) is 2.45. The van der Waals surface area contributed by atoms with E-state index < -0.39 is 0 Å². The molecule has 0 heterocycles. The molecule has 0 amide bonds. The molecule has 1 aliphatic rings. The first-order chi connectivity index (χ1) is 8.31. The van der Waals surface area contributed by atoms with Gasteiger partial charge in [0.15, 0.2) is 0 Å². The number of nitrogens with zero attached hydrogens (tertiary/aromatic N) is 1. The van der Waals surface area contributed by atoms with Crippen molar-refractivity contribution in [2.45, 2.75) is 31.7 Å². The molecule has 17 heavy (non-hydrogen) atoms. The molecule has 2 nitrogen and oxygen atoms in total. The molecule has 1 aromatic rings. The van der Waals surface area contributed by atoms with Crippen LogP contribution in [0.25, 0.3) is 0 Å². The summed E-state index contributed by atoms with van der Waals surface area (Å²) in [6.45, 7) is 1.18. The van der Waals surface area contributed by atoms with Crippen LogP contribution < -0.4 is 10.2 Å². The van der Waals surface area contributed by atoms with Gasteiger partial charge in [0.25, 0.3) is 0 Å². The second kappa shape index (κ2) is 6.06. The van der Waals surface area contributed by atoms with Crippen LogP contribution in [0.1, 0.15) is 25.7 Å². The van der Waals surface area contributed by atoms with E-state index in [2.05, 4.69) is 54.6 Å². The summed E-state index contributed by atoms with van der Waals surface area (Å²) in [5, 5.41) is 3.30. The highest BCUT2D eigenvalue weighted by Gasteiger charge is 2.23. The molecule has 1 saturated carbocycles. The fourth-order valence-electron chi connectivity index (χ4n) is 2.90. The molecule has 0 aliphatic heterocycles. The van der Waals surface area contributed by atoms with E-state index in [0.717, 1.165) is 12.0 Å². The molecule has 0 radical (unpaired) electrons. The molecule has 0 aromatic heterocycles. The van der Waals surface area contributed by atoms with Crippen LogP contribution >= 0.6 is 0 Å². The number of anilines is 1. The number of benzene rings is 1. The van der Waals surface area contributed by atoms with Gasteiger partial charge in [0.1, 0.15) is 0 Å². The molecule has 2 heteroatoms. The monoisotopic (exact) mass is 232 g/mol. The maximum atomic E-state index is 3.30. The fourth-order valence-corrected chi connectivity index (χ4v) is 2.90. The maximum absolute atomic E-state index is 3.30. The average Bonchev–Trinajstić information content (AvgIpc) is 2.40. The van der Waals surface area contributed by atoms with E-state index in [0.29, 0.717) is 0 Å². The van der Waals surface area contributed by atoms with E-state index in [1.54, 1.807) is 0 Å². The van der Waals surface area contributed by atoms with Gasteiger partial charge >= 0.3 is 0 Å². The normalized spacial score (nSPS) is 24.6. The zero-order valence-electron chi connectivity index (χ0n) is 11.0. The van der Waals surface area contributed by atoms with Crippen LogP contribution in [0.2, 0.25) is 0 Å². The Morgan fingerprint density at radius 3 is 2.35 bits per heavy atom.